The van der Waals surface area contributed by atoms with Crippen molar-refractivity contribution in [2.45, 2.75) is 71.0 Å². The lowest BCUT2D eigenvalue weighted by Gasteiger charge is -2.33. The maximum atomic E-state index is 11.6. The molecule has 0 bridgehead atoms. The van der Waals surface area contributed by atoms with Gasteiger partial charge in [-0.3, -0.25) is 0 Å². The highest BCUT2D eigenvalue weighted by Crippen LogP contribution is 2.31. The maximum Gasteiger partial charge on any atom is 0.333 e. The molecule has 1 unspecified atom stereocenters. The molecule has 1 N–H and O–H groups in total. The van der Waals surface area contributed by atoms with Crippen LogP contribution in [-0.2, 0) is 9.53 Å². The molecular formula is C15H26O3. The number of carbonyl (C=O) groups is 1. The van der Waals surface area contributed by atoms with Gasteiger partial charge >= 0.3 is 5.97 Å². The van der Waals surface area contributed by atoms with Crippen LogP contribution in [0.3, 0.4) is 0 Å². The molecule has 1 atom stereocenters. The second-order valence-electron chi connectivity index (χ2n) is 6.07. The molecule has 1 aliphatic carbocycles. The largest absolute Gasteiger partial charge is 0.456 e. The van der Waals surface area contributed by atoms with Crippen molar-refractivity contribution in [3.05, 3.63) is 12.2 Å². The van der Waals surface area contributed by atoms with Gasteiger partial charge in [0.2, 0.25) is 0 Å². The summed E-state index contributed by atoms with van der Waals surface area (Å²) in [7, 11) is 0. The summed E-state index contributed by atoms with van der Waals surface area (Å²) >= 11 is 0. The van der Waals surface area contributed by atoms with Crippen LogP contribution in [0, 0.1) is 5.92 Å². The maximum absolute atomic E-state index is 11.6. The fraction of sp³-hybridized carbons (Fsp3) is 0.800. The molecule has 0 aliphatic heterocycles. The first-order chi connectivity index (χ1) is 8.30. The van der Waals surface area contributed by atoms with Crippen LogP contribution < -0.4 is 0 Å². The zero-order chi connectivity index (χ0) is 13.8. The molecule has 1 fully saturated rings. The van der Waals surface area contributed by atoms with Gasteiger partial charge in [-0.25, -0.2) is 4.79 Å². The van der Waals surface area contributed by atoms with Crippen molar-refractivity contribution < 1.29 is 14.6 Å². The first-order valence-corrected chi connectivity index (χ1v) is 6.89. The molecule has 0 aromatic carbocycles. The zero-order valence-electron chi connectivity index (χ0n) is 11.9. The highest BCUT2D eigenvalue weighted by atomic mass is 16.6. The van der Waals surface area contributed by atoms with E-state index in [1.54, 1.807) is 20.8 Å². The Morgan fingerprint density at radius 3 is 2.39 bits per heavy atom. The van der Waals surface area contributed by atoms with Gasteiger partial charge in [-0.1, -0.05) is 38.7 Å². The minimum Gasteiger partial charge on any atom is -0.456 e. The van der Waals surface area contributed by atoms with Gasteiger partial charge in [0, 0.05) is 5.57 Å². The number of rotatable bonds is 5. The predicted molar refractivity (Wildman–Crippen MR) is 72.2 cm³/mol. The fourth-order valence-corrected chi connectivity index (χ4v) is 2.44. The lowest BCUT2D eigenvalue weighted by molar-refractivity contribution is -0.159. The predicted octanol–water partition coefficient (Wildman–Crippen LogP) is 3.22. The average molecular weight is 254 g/mol. The minimum atomic E-state index is -0.997. The van der Waals surface area contributed by atoms with Crippen molar-refractivity contribution in [2.75, 3.05) is 0 Å². The summed E-state index contributed by atoms with van der Waals surface area (Å²) in [5.41, 5.74) is -0.615. The van der Waals surface area contributed by atoms with E-state index in [1.807, 2.05) is 0 Å². The van der Waals surface area contributed by atoms with Crippen LogP contribution in [0.2, 0.25) is 0 Å². The molecule has 0 spiro atoms. The van der Waals surface area contributed by atoms with Crippen molar-refractivity contribution in [3.8, 4) is 0 Å². The number of esters is 1. The Morgan fingerprint density at radius 1 is 1.39 bits per heavy atom. The van der Waals surface area contributed by atoms with Gasteiger partial charge in [0.05, 0.1) is 5.60 Å². The van der Waals surface area contributed by atoms with Crippen molar-refractivity contribution in [1.82, 2.24) is 0 Å². The summed E-state index contributed by atoms with van der Waals surface area (Å²) in [5, 5.41) is 10.1. The highest BCUT2D eigenvalue weighted by Gasteiger charge is 2.33. The van der Waals surface area contributed by atoms with Crippen LogP contribution in [-0.4, -0.2) is 22.8 Å². The smallest absolute Gasteiger partial charge is 0.333 e. The Kier molecular flexibility index (Phi) is 5.39. The molecule has 1 saturated carbocycles. The van der Waals surface area contributed by atoms with Crippen LogP contribution in [0.15, 0.2) is 12.2 Å². The van der Waals surface area contributed by atoms with E-state index >= 15 is 0 Å². The van der Waals surface area contributed by atoms with E-state index in [1.165, 1.54) is 32.1 Å². The third-order valence-corrected chi connectivity index (χ3v) is 3.66. The number of hydrogen-bond donors (Lipinski definition) is 1. The molecular weight excluding hydrogens is 228 g/mol. The lowest BCUT2D eigenvalue weighted by Crippen LogP contribution is -2.41. The molecule has 18 heavy (non-hydrogen) atoms. The molecule has 3 heteroatoms. The fourth-order valence-electron chi connectivity index (χ4n) is 2.44. The van der Waals surface area contributed by atoms with E-state index in [2.05, 4.69) is 6.58 Å². The second-order valence-corrected chi connectivity index (χ2v) is 6.07. The van der Waals surface area contributed by atoms with Gasteiger partial charge < -0.3 is 9.84 Å². The summed E-state index contributed by atoms with van der Waals surface area (Å²) in [6, 6.07) is 0. The first kappa shape index (κ1) is 15.2. The normalized spacial score (nSPS) is 19.3. The second kappa shape index (κ2) is 6.37. The van der Waals surface area contributed by atoms with Gasteiger partial charge in [0.1, 0.15) is 6.10 Å². The van der Waals surface area contributed by atoms with Crippen molar-refractivity contribution in [2.24, 2.45) is 5.92 Å². The monoisotopic (exact) mass is 254 g/mol. The molecule has 0 aromatic heterocycles. The summed E-state index contributed by atoms with van der Waals surface area (Å²) in [4.78, 5) is 11.6. The Bertz CT molecular complexity index is 295. The quantitative estimate of drug-likeness (QED) is 0.605. The third kappa shape index (κ3) is 4.81. The molecule has 0 amide bonds. The van der Waals surface area contributed by atoms with Crippen LogP contribution in [0.1, 0.15) is 59.3 Å². The Morgan fingerprint density at radius 2 is 1.94 bits per heavy atom. The van der Waals surface area contributed by atoms with E-state index in [-0.39, 0.29) is 0 Å². The molecule has 3 nitrogen and oxygen atoms in total. The standard InChI is InChI=1S/C15H26O3/c1-11(2)14(16)18-13(15(3,4)17)10-12-8-6-5-7-9-12/h12-13,17H,1,5-10H2,2-4H3. The van der Waals surface area contributed by atoms with Crippen LogP contribution in [0.4, 0.5) is 0 Å². The SMILES string of the molecule is C=C(C)C(=O)OC(CC1CCCCC1)C(C)(C)O. The Labute approximate surface area is 110 Å². The summed E-state index contributed by atoms with van der Waals surface area (Å²) in [6.45, 7) is 8.61. The van der Waals surface area contributed by atoms with Crippen LogP contribution >= 0.6 is 0 Å². The average Bonchev–Trinajstić information content (AvgIpc) is 2.28. The van der Waals surface area contributed by atoms with Crippen molar-refractivity contribution >= 4 is 5.97 Å². The third-order valence-electron chi connectivity index (χ3n) is 3.66. The zero-order valence-corrected chi connectivity index (χ0v) is 11.9. The van der Waals surface area contributed by atoms with Gasteiger partial charge in [-0.05, 0) is 33.1 Å². The Balaban J connectivity index is 2.60. The van der Waals surface area contributed by atoms with Gasteiger partial charge in [-0.15, -0.1) is 0 Å². The van der Waals surface area contributed by atoms with Crippen molar-refractivity contribution in [1.29, 1.82) is 0 Å². The summed E-state index contributed by atoms with van der Waals surface area (Å²) in [5.74, 6) is 0.158. The number of ether oxygens (including phenoxy) is 1. The van der Waals surface area contributed by atoms with E-state index in [0.29, 0.717) is 11.5 Å². The number of carbonyl (C=O) groups excluding carboxylic acids is 1. The molecule has 1 rings (SSSR count). The van der Waals surface area contributed by atoms with E-state index in [0.717, 1.165) is 6.42 Å². The lowest BCUT2D eigenvalue weighted by atomic mass is 9.82. The Hall–Kier alpha value is -0.830. The van der Waals surface area contributed by atoms with Gasteiger partial charge in [-0.2, -0.15) is 0 Å². The van der Waals surface area contributed by atoms with Gasteiger partial charge in [0.15, 0.2) is 0 Å². The molecule has 1 aliphatic rings. The van der Waals surface area contributed by atoms with Crippen molar-refractivity contribution in [3.63, 3.8) is 0 Å². The van der Waals surface area contributed by atoms with E-state index in [4.69, 9.17) is 4.74 Å². The molecule has 0 radical (unpaired) electrons. The molecule has 0 saturated heterocycles. The topological polar surface area (TPSA) is 46.5 Å². The van der Waals surface area contributed by atoms with Gasteiger partial charge in [0.25, 0.3) is 0 Å². The first-order valence-electron chi connectivity index (χ1n) is 6.89. The van der Waals surface area contributed by atoms with E-state index < -0.39 is 17.7 Å². The molecule has 0 heterocycles. The highest BCUT2D eigenvalue weighted by molar-refractivity contribution is 5.87. The van der Waals surface area contributed by atoms with Crippen LogP contribution in [0.5, 0.6) is 0 Å². The van der Waals surface area contributed by atoms with Crippen LogP contribution in [0.25, 0.3) is 0 Å². The summed E-state index contributed by atoms with van der Waals surface area (Å²) < 4.78 is 5.39. The number of hydrogen-bond acceptors (Lipinski definition) is 3. The molecule has 0 aromatic rings. The number of aliphatic hydroxyl groups is 1. The summed E-state index contributed by atoms with van der Waals surface area (Å²) in [6.07, 6.45) is 6.46. The van der Waals surface area contributed by atoms with E-state index in [9.17, 15) is 9.90 Å². The minimum absolute atomic E-state index is 0.382. The molecule has 104 valence electrons.